The smallest absolute Gasteiger partial charge is 0.338 e. The predicted octanol–water partition coefficient (Wildman–Crippen LogP) is 2.09. The molecule has 0 aromatic heterocycles. The molecule has 0 unspecified atom stereocenters. The highest BCUT2D eigenvalue weighted by atomic mass is 35.5. The molecule has 0 atom stereocenters. The molecule has 86 valence electrons. The summed E-state index contributed by atoms with van der Waals surface area (Å²) in [5, 5.41) is 0. The van der Waals surface area contributed by atoms with Crippen molar-refractivity contribution < 1.29 is 9.53 Å². The fraction of sp³-hybridized carbons (Fsp3) is 0.273. The first-order chi connectivity index (χ1) is 7.67. The van der Waals surface area contributed by atoms with Crippen LogP contribution in [0.3, 0.4) is 0 Å². The van der Waals surface area contributed by atoms with Gasteiger partial charge in [-0.2, -0.15) is 0 Å². The SMILES string of the molecule is CCOC(=O)c1cccc(N=C(N)CCl)c1. The highest BCUT2D eigenvalue weighted by Crippen LogP contribution is 2.15. The van der Waals surface area contributed by atoms with Gasteiger partial charge in [-0.05, 0) is 25.1 Å². The van der Waals surface area contributed by atoms with E-state index in [0.29, 0.717) is 23.7 Å². The average molecular weight is 241 g/mol. The summed E-state index contributed by atoms with van der Waals surface area (Å²) < 4.78 is 4.87. The van der Waals surface area contributed by atoms with Crippen LogP contribution in [0.15, 0.2) is 29.3 Å². The summed E-state index contributed by atoms with van der Waals surface area (Å²) in [6.07, 6.45) is 0. The molecule has 0 aliphatic heterocycles. The zero-order valence-electron chi connectivity index (χ0n) is 8.94. The standard InChI is InChI=1S/C11H13ClN2O2/c1-2-16-11(15)8-4-3-5-9(6-8)14-10(13)7-12/h3-6H,2,7H2,1H3,(H2,13,14). The third-order valence-corrected chi connectivity index (χ3v) is 2.04. The molecule has 0 bridgehead atoms. The molecule has 0 fully saturated rings. The molecule has 16 heavy (non-hydrogen) atoms. The normalized spacial score (nSPS) is 11.2. The van der Waals surface area contributed by atoms with Crippen LogP contribution in [-0.4, -0.2) is 24.3 Å². The predicted molar refractivity (Wildman–Crippen MR) is 64.4 cm³/mol. The van der Waals surface area contributed by atoms with E-state index in [1.165, 1.54) is 0 Å². The number of carbonyl (C=O) groups excluding carboxylic acids is 1. The number of amidine groups is 1. The van der Waals surface area contributed by atoms with Crippen molar-refractivity contribution in [1.82, 2.24) is 0 Å². The van der Waals surface area contributed by atoms with E-state index in [0.717, 1.165) is 0 Å². The lowest BCUT2D eigenvalue weighted by atomic mass is 10.2. The summed E-state index contributed by atoms with van der Waals surface area (Å²) in [6.45, 7) is 2.10. The van der Waals surface area contributed by atoms with Gasteiger partial charge in [-0.1, -0.05) is 6.07 Å². The fourth-order valence-corrected chi connectivity index (χ4v) is 1.17. The number of hydrogen-bond donors (Lipinski definition) is 1. The van der Waals surface area contributed by atoms with E-state index in [1.807, 2.05) is 0 Å². The molecule has 5 heteroatoms. The van der Waals surface area contributed by atoms with Crippen LogP contribution in [0, 0.1) is 0 Å². The zero-order valence-corrected chi connectivity index (χ0v) is 9.70. The molecule has 2 N–H and O–H groups in total. The minimum Gasteiger partial charge on any atom is -0.462 e. The Hall–Kier alpha value is -1.55. The van der Waals surface area contributed by atoms with Crippen LogP contribution in [0.5, 0.6) is 0 Å². The molecule has 0 spiro atoms. The number of halogens is 1. The Labute approximate surface area is 99.1 Å². The van der Waals surface area contributed by atoms with Gasteiger partial charge < -0.3 is 10.5 Å². The van der Waals surface area contributed by atoms with E-state index in [9.17, 15) is 4.79 Å². The van der Waals surface area contributed by atoms with Gasteiger partial charge in [0.2, 0.25) is 0 Å². The van der Waals surface area contributed by atoms with Crippen LogP contribution >= 0.6 is 11.6 Å². The molecular weight excluding hydrogens is 228 g/mol. The summed E-state index contributed by atoms with van der Waals surface area (Å²) in [5.41, 5.74) is 6.53. The van der Waals surface area contributed by atoms with Crippen LogP contribution in [0.2, 0.25) is 0 Å². The first-order valence-electron chi connectivity index (χ1n) is 4.83. The van der Waals surface area contributed by atoms with Crippen LogP contribution < -0.4 is 5.73 Å². The van der Waals surface area contributed by atoms with Gasteiger partial charge in [0.1, 0.15) is 5.84 Å². The van der Waals surface area contributed by atoms with E-state index in [-0.39, 0.29) is 11.8 Å². The van der Waals surface area contributed by atoms with Crippen molar-refractivity contribution in [3.05, 3.63) is 29.8 Å². The highest BCUT2D eigenvalue weighted by Gasteiger charge is 2.06. The lowest BCUT2D eigenvalue weighted by Crippen LogP contribution is -2.12. The Morgan fingerprint density at radius 3 is 2.94 bits per heavy atom. The lowest BCUT2D eigenvalue weighted by molar-refractivity contribution is 0.0526. The van der Waals surface area contributed by atoms with Crippen molar-refractivity contribution in [3.8, 4) is 0 Å². The molecule has 0 saturated carbocycles. The second-order valence-electron chi connectivity index (χ2n) is 3.01. The minimum absolute atomic E-state index is 0.156. The average Bonchev–Trinajstić information content (AvgIpc) is 2.29. The van der Waals surface area contributed by atoms with E-state index >= 15 is 0 Å². The molecule has 0 heterocycles. The first-order valence-corrected chi connectivity index (χ1v) is 5.37. The van der Waals surface area contributed by atoms with Crippen LogP contribution in [0.1, 0.15) is 17.3 Å². The number of aliphatic imine (C=N–C) groups is 1. The number of ether oxygens (including phenoxy) is 1. The molecule has 0 aliphatic rings. The monoisotopic (exact) mass is 240 g/mol. The minimum atomic E-state index is -0.371. The maximum Gasteiger partial charge on any atom is 0.338 e. The number of alkyl halides is 1. The van der Waals surface area contributed by atoms with Gasteiger partial charge in [-0.3, -0.25) is 0 Å². The van der Waals surface area contributed by atoms with Gasteiger partial charge in [0.05, 0.1) is 23.7 Å². The van der Waals surface area contributed by atoms with Crippen molar-refractivity contribution in [2.24, 2.45) is 10.7 Å². The van der Waals surface area contributed by atoms with E-state index in [4.69, 9.17) is 22.1 Å². The molecule has 0 saturated heterocycles. The number of esters is 1. The van der Waals surface area contributed by atoms with Gasteiger partial charge in [0.15, 0.2) is 0 Å². The lowest BCUT2D eigenvalue weighted by Gasteiger charge is -2.02. The summed E-state index contributed by atoms with van der Waals surface area (Å²) in [7, 11) is 0. The maximum absolute atomic E-state index is 11.4. The number of hydrogen-bond acceptors (Lipinski definition) is 3. The Morgan fingerprint density at radius 2 is 2.31 bits per heavy atom. The van der Waals surface area contributed by atoms with E-state index < -0.39 is 0 Å². The Morgan fingerprint density at radius 1 is 1.56 bits per heavy atom. The summed E-state index contributed by atoms with van der Waals surface area (Å²) in [4.78, 5) is 15.5. The van der Waals surface area contributed by atoms with Crippen molar-refractivity contribution in [3.63, 3.8) is 0 Å². The molecule has 0 amide bonds. The third kappa shape index (κ3) is 3.55. The van der Waals surface area contributed by atoms with Crippen molar-refractivity contribution >= 4 is 29.1 Å². The van der Waals surface area contributed by atoms with Crippen molar-refractivity contribution in [2.45, 2.75) is 6.92 Å². The summed E-state index contributed by atoms with van der Waals surface area (Å²) in [5.74, 6) is 0.0931. The number of carbonyl (C=O) groups is 1. The highest BCUT2D eigenvalue weighted by molar-refractivity contribution is 6.28. The largest absolute Gasteiger partial charge is 0.462 e. The van der Waals surface area contributed by atoms with Gasteiger partial charge in [-0.25, -0.2) is 9.79 Å². The number of benzene rings is 1. The molecule has 1 rings (SSSR count). The van der Waals surface area contributed by atoms with Crippen molar-refractivity contribution in [1.29, 1.82) is 0 Å². The Kier molecular flexibility index (Phi) is 4.79. The first kappa shape index (κ1) is 12.5. The zero-order chi connectivity index (χ0) is 12.0. The number of nitrogens with zero attached hydrogens (tertiary/aromatic N) is 1. The second kappa shape index (κ2) is 6.12. The quantitative estimate of drug-likeness (QED) is 0.379. The van der Waals surface area contributed by atoms with E-state index in [2.05, 4.69) is 4.99 Å². The van der Waals surface area contributed by atoms with Crippen LogP contribution in [0.4, 0.5) is 5.69 Å². The summed E-state index contributed by atoms with van der Waals surface area (Å²) in [6, 6.07) is 6.72. The Bertz CT molecular complexity index is 405. The molecule has 4 nitrogen and oxygen atoms in total. The second-order valence-corrected chi connectivity index (χ2v) is 3.27. The van der Waals surface area contributed by atoms with Gasteiger partial charge in [0.25, 0.3) is 0 Å². The van der Waals surface area contributed by atoms with Gasteiger partial charge in [0, 0.05) is 0 Å². The van der Waals surface area contributed by atoms with Gasteiger partial charge in [-0.15, -0.1) is 11.6 Å². The summed E-state index contributed by atoms with van der Waals surface area (Å²) >= 11 is 5.51. The van der Waals surface area contributed by atoms with Crippen LogP contribution in [0.25, 0.3) is 0 Å². The van der Waals surface area contributed by atoms with Crippen molar-refractivity contribution in [2.75, 3.05) is 12.5 Å². The number of nitrogens with two attached hydrogens (primary N) is 1. The van der Waals surface area contributed by atoms with E-state index in [1.54, 1.807) is 31.2 Å². The number of rotatable bonds is 4. The molecule has 1 aromatic carbocycles. The molecule has 0 radical (unpaired) electrons. The van der Waals surface area contributed by atoms with Gasteiger partial charge >= 0.3 is 5.97 Å². The Balaban J connectivity index is 2.91. The molecule has 1 aromatic rings. The van der Waals surface area contributed by atoms with Crippen LogP contribution in [-0.2, 0) is 4.74 Å². The molecular formula is C11H13ClN2O2. The third-order valence-electron chi connectivity index (χ3n) is 1.77. The molecule has 0 aliphatic carbocycles. The fourth-order valence-electron chi connectivity index (χ4n) is 1.11. The maximum atomic E-state index is 11.4. The topological polar surface area (TPSA) is 64.7 Å².